The molecule has 0 saturated carbocycles. The van der Waals surface area contributed by atoms with Crippen molar-refractivity contribution in [2.24, 2.45) is 4.99 Å². The van der Waals surface area contributed by atoms with Crippen LogP contribution in [0.5, 0.6) is 0 Å². The molecule has 98 valence electrons. The molecule has 0 saturated heterocycles. The van der Waals surface area contributed by atoms with Gasteiger partial charge in [0, 0.05) is 27.3 Å². The van der Waals surface area contributed by atoms with Crippen molar-refractivity contribution in [3.8, 4) is 11.1 Å². The fourth-order valence-corrected chi connectivity index (χ4v) is 3.08. The van der Waals surface area contributed by atoms with Crippen molar-refractivity contribution >= 4 is 23.3 Å². The number of fused-ring (bicyclic) bond motifs is 3. The third kappa shape index (κ3) is 1.47. The summed E-state index contributed by atoms with van der Waals surface area (Å²) >= 11 is 6.26. The van der Waals surface area contributed by atoms with Gasteiger partial charge >= 0.3 is 0 Å². The van der Waals surface area contributed by atoms with Crippen LogP contribution in [-0.2, 0) is 4.74 Å². The van der Waals surface area contributed by atoms with E-state index in [2.05, 4.69) is 4.99 Å². The lowest BCUT2D eigenvalue weighted by molar-refractivity contribution is 0.104. The van der Waals surface area contributed by atoms with Crippen LogP contribution in [0.25, 0.3) is 11.1 Å². The van der Waals surface area contributed by atoms with E-state index in [1.165, 1.54) is 0 Å². The Bertz CT molecular complexity index is 780. The lowest BCUT2D eigenvalue weighted by atomic mass is 10.0. The monoisotopic (exact) mass is 283 g/mol. The first kappa shape index (κ1) is 11.7. The number of ketones is 1. The van der Waals surface area contributed by atoms with Gasteiger partial charge in [-0.25, -0.2) is 4.99 Å². The number of ether oxygens (including phenoxy) is 1. The summed E-state index contributed by atoms with van der Waals surface area (Å²) < 4.78 is 5.51. The summed E-state index contributed by atoms with van der Waals surface area (Å²) in [6.07, 6.45) is 0. The molecule has 2 aliphatic rings. The number of aliphatic imine (C=N–C) groups is 1. The minimum Gasteiger partial charge on any atom is -0.475 e. The Kier molecular flexibility index (Phi) is 2.44. The van der Waals surface area contributed by atoms with E-state index in [1.54, 1.807) is 12.1 Å². The number of halogens is 1. The highest BCUT2D eigenvalue weighted by molar-refractivity contribution is 6.37. The average molecular weight is 284 g/mol. The normalized spacial score (nSPS) is 15.7. The van der Waals surface area contributed by atoms with E-state index in [0.29, 0.717) is 35.2 Å². The number of hydrogen-bond acceptors (Lipinski definition) is 3. The third-order valence-corrected chi connectivity index (χ3v) is 3.95. The molecule has 0 bridgehead atoms. The molecule has 2 aromatic rings. The van der Waals surface area contributed by atoms with Crippen LogP contribution in [0.1, 0.15) is 21.5 Å². The largest absolute Gasteiger partial charge is 0.475 e. The molecule has 0 aromatic heterocycles. The molecule has 0 fully saturated rings. The molecule has 2 aromatic carbocycles. The standard InChI is InChI=1S/C16H10ClNO2/c17-12-6-2-4-10-13(12)9-3-1-5-11(14(9)15(10)19)16-18-7-8-20-16/h1-6H,7-8H2. The molecule has 1 aliphatic carbocycles. The summed E-state index contributed by atoms with van der Waals surface area (Å²) in [6, 6.07) is 11.1. The van der Waals surface area contributed by atoms with Crippen molar-refractivity contribution in [1.29, 1.82) is 0 Å². The maximum absolute atomic E-state index is 12.6. The van der Waals surface area contributed by atoms with Crippen LogP contribution >= 0.6 is 11.6 Å². The van der Waals surface area contributed by atoms with E-state index in [4.69, 9.17) is 16.3 Å². The fraction of sp³-hybridized carbons (Fsp3) is 0.125. The predicted molar refractivity (Wildman–Crippen MR) is 77.7 cm³/mol. The van der Waals surface area contributed by atoms with Gasteiger partial charge in [0.05, 0.1) is 6.54 Å². The fourth-order valence-electron chi connectivity index (χ4n) is 2.80. The Hall–Kier alpha value is -2.13. The Balaban J connectivity index is 2.02. The smallest absolute Gasteiger partial charge is 0.217 e. The van der Waals surface area contributed by atoms with E-state index in [0.717, 1.165) is 16.7 Å². The molecule has 4 heteroatoms. The van der Waals surface area contributed by atoms with Gasteiger partial charge < -0.3 is 4.74 Å². The highest BCUT2D eigenvalue weighted by atomic mass is 35.5. The lowest BCUT2D eigenvalue weighted by Crippen LogP contribution is -2.08. The summed E-state index contributed by atoms with van der Waals surface area (Å²) in [5.74, 6) is 0.547. The first-order valence-electron chi connectivity index (χ1n) is 6.41. The molecule has 0 spiro atoms. The van der Waals surface area contributed by atoms with Crippen LogP contribution in [-0.4, -0.2) is 24.8 Å². The molecule has 0 atom stereocenters. The highest BCUT2D eigenvalue weighted by Gasteiger charge is 2.32. The van der Waals surface area contributed by atoms with Gasteiger partial charge in [-0.1, -0.05) is 35.9 Å². The first-order chi connectivity index (χ1) is 9.77. The van der Waals surface area contributed by atoms with Crippen LogP contribution in [0.3, 0.4) is 0 Å². The maximum Gasteiger partial charge on any atom is 0.217 e. The minimum atomic E-state index is -0.00806. The summed E-state index contributed by atoms with van der Waals surface area (Å²) in [6.45, 7) is 1.21. The molecule has 4 rings (SSSR count). The van der Waals surface area contributed by atoms with E-state index < -0.39 is 0 Å². The third-order valence-electron chi connectivity index (χ3n) is 3.63. The predicted octanol–water partition coefficient (Wildman–Crippen LogP) is 3.33. The second kappa shape index (κ2) is 4.18. The van der Waals surface area contributed by atoms with Crippen molar-refractivity contribution < 1.29 is 9.53 Å². The second-order valence-corrected chi connectivity index (χ2v) is 5.16. The highest BCUT2D eigenvalue weighted by Crippen LogP contribution is 2.42. The summed E-state index contributed by atoms with van der Waals surface area (Å²) in [7, 11) is 0. The zero-order valence-electron chi connectivity index (χ0n) is 10.5. The Morgan fingerprint density at radius 2 is 1.75 bits per heavy atom. The molecular formula is C16H10ClNO2. The Morgan fingerprint density at radius 1 is 1.00 bits per heavy atom. The van der Waals surface area contributed by atoms with Gasteiger partial charge in [-0.15, -0.1) is 0 Å². The molecule has 1 heterocycles. The van der Waals surface area contributed by atoms with Crippen molar-refractivity contribution in [2.75, 3.05) is 13.2 Å². The molecule has 0 amide bonds. The van der Waals surface area contributed by atoms with Gasteiger partial charge in [0.1, 0.15) is 6.61 Å². The van der Waals surface area contributed by atoms with Crippen molar-refractivity contribution in [1.82, 2.24) is 0 Å². The molecule has 0 unspecified atom stereocenters. The van der Waals surface area contributed by atoms with Crippen LogP contribution in [0, 0.1) is 0 Å². The topological polar surface area (TPSA) is 38.7 Å². The van der Waals surface area contributed by atoms with E-state index in [9.17, 15) is 4.79 Å². The summed E-state index contributed by atoms with van der Waals surface area (Å²) in [4.78, 5) is 17.0. The minimum absolute atomic E-state index is 0.00806. The lowest BCUT2D eigenvalue weighted by Gasteiger charge is -2.07. The number of hydrogen-bond donors (Lipinski definition) is 0. The van der Waals surface area contributed by atoms with Crippen LogP contribution in [0.2, 0.25) is 5.02 Å². The van der Waals surface area contributed by atoms with Gasteiger partial charge in [0.2, 0.25) is 5.90 Å². The van der Waals surface area contributed by atoms with E-state index in [-0.39, 0.29) is 5.78 Å². The zero-order valence-corrected chi connectivity index (χ0v) is 11.3. The molecule has 1 aliphatic heterocycles. The zero-order chi connectivity index (χ0) is 13.7. The Labute approximate surface area is 120 Å². The summed E-state index contributed by atoms with van der Waals surface area (Å²) in [5.41, 5.74) is 3.74. The maximum atomic E-state index is 12.6. The number of benzene rings is 2. The van der Waals surface area contributed by atoms with Gasteiger partial charge in [-0.3, -0.25) is 4.79 Å². The first-order valence-corrected chi connectivity index (χ1v) is 6.79. The van der Waals surface area contributed by atoms with Gasteiger partial charge in [0.25, 0.3) is 0 Å². The average Bonchev–Trinajstić information content (AvgIpc) is 3.08. The number of rotatable bonds is 1. The van der Waals surface area contributed by atoms with E-state index in [1.807, 2.05) is 24.3 Å². The van der Waals surface area contributed by atoms with Crippen LogP contribution in [0.4, 0.5) is 0 Å². The Morgan fingerprint density at radius 3 is 2.55 bits per heavy atom. The van der Waals surface area contributed by atoms with Gasteiger partial charge in [-0.05, 0) is 17.7 Å². The molecule has 3 nitrogen and oxygen atoms in total. The number of nitrogens with zero attached hydrogens (tertiary/aromatic N) is 1. The van der Waals surface area contributed by atoms with E-state index >= 15 is 0 Å². The number of carbonyl (C=O) groups is 1. The van der Waals surface area contributed by atoms with Crippen molar-refractivity contribution in [2.45, 2.75) is 0 Å². The molecule has 0 N–H and O–H groups in total. The van der Waals surface area contributed by atoms with Gasteiger partial charge in [-0.2, -0.15) is 0 Å². The van der Waals surface area contributed by atoms with Crippen LogP contribution < -0.4 is 0 Å². The number of carbonyl (C=O) groups excluding carboxylic acids is 1. The van der Waals surface area contributed by atoms with Gasteiger partial charge in [0.15, 0.2) is 5.78 Å². The molecule has 0 radical (unpaired) electrons. The molecular weight excluding hydrogens is 274 g/mol. The molecule has 20 heavy (non-hydrogen) atoms. The quantitative estimate of drug-likeness (QED) is 0.687. The summed E-state index contributed by atoms with van der Waals surface area (Å²) in [5, 5.41) is 0.598. The second-order valence-electron chi connectivity index (χ2n) is 4.75. The SMILES string of the molecule is O=C1c2cccc(Cl)c2-c2cccc(C3=NCCO3)c21. The van der Waals surface area contributed by atoms with Crippen molar-refractivity contribution in [3.63, 3.8) is 0 Å². The van der Waals surface area contributed by atoms with Crippen LogP contribution in [0.15, 0.2) is 41.4 Å². The van der Waals surface area contributed by atoms with Crippen molar-refractivity contribution in [3.05, 3.63) is 58.1 Å².